The third kappa shape index (κ3) is 5.91. The predicted molar refractivity (Wildman–Crippen MR) is 106 cm³/mol. The third-order valence-corrected chi connectivity index (χ3v) is 4.91. The number of anilines is 1. The Kier molecular flexibility index (Phi) is 7.20. The van der Waals surface area contributed by atoms with Crippen LogP contribution in [0.5, 0.6) is 0 Å². The average Bonchev–Trinajstić information content (AvgIpc) is 2.63. The highest BCUT2D eigenvalue weighted by atomic mass is 35.5. The highest BCUT2D eigenvalue weighted by molar-refractivity contribution is 7.93. The molecule has 0 fully saturated rings. The van der Waals surface area contributed by atoms with Crippen LogP contribution in [0.2, 0.25) is 5.02 Å². The van der Waals surface area contributed by atoms with Gasteiger partial charge in [0.1, 0.15) is 0 Å². The van der Waals surface area contributed by atoms with Crippen LogP contribution in [-0.2, 0) is 16.4 Å². The number of sulfonamides is 1. The number of halogens is 4. The third-order valence-electron chi connectivity index (χ3n) is 3.51. The molecule has 0 atom stereocenters. The van der Waals surface area contributed by atoms with Crippen molar-refractivity contribution in [2.45, 2.75) is 25.3 Å². The van der Waals surface area contributed by atoms with Crippen molar-refractivity contribution in [2.75, 3.05) is 4.72 Å². The van der Waals surface area contributed by atoms with Crippen molar-refractivity contribution in [2.24, 2.45) is 10.7 Å². The van der Waals surface area contributed by atoms with Crippen molar-refractivity contribution in [1.29, 1.82) is 0 Å². The molecule has 0 spiro atoms. The highest BCUT2D eigenvalue weighted by Gasteiger charge is 2.46. The van der Waals surface area contributed by atoms with Gasteiger partial charge in [0.25, 0.3) is 0 Å². The van der Waals surface area contributed by atoms with Crippen molar-refractivity contribution in [3.05, 3.63) is 53.2 Å². The first kappa shape index (κ1) is 22.6. The fraction of sp³-hybridized carbons (Fsp3) is 0.235. The largest absolute Gasteiger partial charge is 0.516 e. The van der Waals surface area contributed by atoms with E-state index in [4.69, 9.17) is 17.3 Å². The lowest BCUT2D eigenvalue weighted by Crippen LogP contribution is -2.30. The Hall–Kier alpha value is -2.66. The molecule has 0 aromatic carbocycles. The number of nitrogens with two attached hydrogens (primary N) is 1. The van der Waals surface area contributed by atoms with Crippen LogP contribution in [0.15, 0.2) is 41.8 Å². The number of hydrogen-bond donors (Lipinski definition) is 2. The number of hydrogen-bond acceptors (Lipinski definition) is 6. The summed E-state index contributed by atoms with van der Waals surface area (Å²) in [5.74, 6) is 0. The molecular weight excluding hydrogens is 431 g/mol. The number of aryl methyl sites for hydroxylation is 1. The average molecular weight is 448 g/mol. The van der Waals surface area contributed by atoms with Gasteiger partial charge in [-0.3, -0.25) is 19.7 Å². The monoisotopic (exact) mass is 447 g/mol. The zero-order valence-corrected chi connectivity index (χ0v) is 16.7. The first-order chi connectivity index (χ1) is 13.6. The summed E-state index contributed by atoms with van der Waals surface area (Å²) in [7, 11) is -5.58. The molecule has 3 N–H and O–H groups in total. The molecule has 0 saturated carbocycles. The molecule has 156 valence electrons. The van der Waals surface area contributed by atoms with Crippen molar-refractivity contribution < 1.29 is 21.6 Å². The first-order valence-electron chi connectivity index (χ1n) is 8.23. The lowest BCUT2D eigenvalue weighted by molar-refractivity contribution is -0.0429. The molecule has 7 nitrogen and oxygen atoms in total. The van der Waals surface area contributed by atoms with Crippen LogP contribution in [-0.4, -0.2) is 30.1 Å². The van der Waals surface area contributed by atoms with Crippen LogP contribution in [0.1, 0.15) is 24.7 Å². The molecule has 0 bridgehead atoms. The molecule has 2 heterocycles. The Balaban J connectivity index is 2.25. The normalized spacial score (nSPS) is 13.1. The van der Waals surface area contributed by atoms with Gasteiger partial charge in [0.2, 0.25) is 0 Å². The summed E-state index contributed by atoms with van der Waals surface area (Å²) in [5.41, 5.74) is 1.58. The van der Waals surface area contributed by atoms with Crippen LogP contribution in [0.25, 0.3) is 5.57 Å². The van der Waals surface area contributed by atoms with Crippen molar-refractivity contribution in [3.8, 4) is 0 Å². The van der Waals surface area contributed by atoms with Gasteiger partial charge >= 0.3 is 15.5 Å². The maximum Gasteiger partial charge on any atom is 0.516 e. The van der Waals surface area contributed by atoms with Crippen molar-refractivity contribution in [3.63, 3.8) is 0 Å². The maximum atomic E-state index is 12.5. The van der Waals surface area contributed by atoms with Crippen LogP contribution in [0.3, 0.4) is 0 Å². The van der Waals surface area contributed by atoms with Crippen molar-refractivity contribution >= 4 is 44.8 Å². The van der Waals surface area contributed by atoms with Gasteiger partial charge in [0.05, 0.1) is 28.3 Å². The number of aliphatic imine (C=N–C) groups is 1. The zero-order chi connectivity index (χ0) is 21.7. The molecule has 0 saturated heterocycles. The van der Waals surface area contributed by atoms with E-state index in [9.17, 15) is 21.6 Å². The Morgan fingerprint density at radius 1 is 1.34 bits per heavy atom. The molecule has 2 aromatic rings. The molecule has 0 aliphatic heterocycles. The first-order valence-corrected chi connectivity index (χ1v) is 10.1. The van der Waals surface area contributed by atoms with Gasteiger partial charge in [0.15, 0.2) is 0 Å². The second kappa shape index (κ2) is 9.23. The molecule has 0 unspecified atom stereocenters. The Morgan fingerprint density at radius 3 is 2.66 bits per heavy atom. The van der Waals surface area contributed by atoms with Crippen molar-refractivity contribution in [1.82, 2.24) is 9.97 Å². The molecule has 0 amide bonds. The van der Waals surface area contributed by atoms with Gasteiger partial charge in [-0.1, -0.05) is 24.9 Å². The van der Waals surface area contributed by atoms with E-state index >= 15 is 0 Å². The number of rotatable bonds is 7. The lowest BCUT2D eigenvalue weighted by atomic mass is 10.2. The predicted octanol–water partition coefficient (Wildman–Crippen LogP) is 4.05. The molecule has 0 aliphatic rings. The minimum absolute atomic E-state index is 0.114. The summed E-state index contributed by atoms with van der Waals surface area (Å²) < 4.78 is 61.1. The summed E-state index contributed by atoms with van der Waals surface area (Å²) >= 11 is 6.05. The smallest absolute Gasteiger partial charge is 0.404 e. The van der Waals surface area contributed by atoms with E-state index in [1.54, 1.807) is 18.3 Å². The second-order valence-corrected chi connectivity index (χ2v) is 7.82. The molecule has 2 rings (SSSR count). The van der Waals surface area contributed by atoms with Crippen LogP contribution in [0, 0.1) is 0 Å². The minimum Gasteiger partial charge on any atom is -0.404 e. The van der Waals surface area contributed by atoms with E-state index in [-0.39, 0.29) is 16.3 Å². The van der Waals surface area contributed by atoms with Crippen LogP contribution < -0.4 is 10.5 Å². The van der Waals surface area contributed by atoms with Gasteiger partial charge in [-0.2, -0.15) is 21.6 Å². The molecule has 29 heavy (non-hydrogen) atoms. The molecule has 0 aliphatic carbocycles. The minimum atomic E-state index is -5.58. The molecular formula is C17H17ClF3N5O2S. The number of aromatic nitrogens is 2. The topological polar surface area (TPSA) is 110 Å². The van der Waals surface area contributed by atoms with E-state index < -0.39 is 21.2 Å². The summed E-state index contributed by atoms with van der Waals surface area (Å²) in [6, 6.07) is 4.49. The van der Waals surface area contributed by atoms with Gasteiger partial charge in [-0.15, -0.1) is 0 Å². The lowest BCUT2D eigenvalue weighted by Gasteiger charge is -2.11. The van der Waals surface area contributed by atoms with Gasteiger partial charge in [-0.05, 0) is 24.6 Å². The van der Waals surface area contributed by atoms with Crippen LogP contribution in [0.4, 0.5) is 24.5 Å². The summed E-state index contributed by atoms with van der Waals surface area (Å²) in [5, 5.41) is -0.114. The summed E-state index contributed by atoms with van der Waals surface area (Å²) in [6.07, 6.45) is 6.80. The van der Waals surface area contributed by atoms with E-state index in [1.165, 1.54) is 17.1 Å². The molecule has 2 aromatic heterocycles. The van der Waals surface area contributed by atoms with E-state index in [0.29, 0.717) is 5.69 Å². The van der Waals surface area contributed by atoms with Crippen LogP contribution >= 0.6 is 11.6 Å². The number of nitrogens with zero attached hydrogens (tertiary/aromatic N) is 3. The zero-order valence-electron chi connectivity index (χ0n) is 15.1. The summed E-state index contributed by atoms with van der Waals surface area (Å²) in [4.78, 5) is 12.4. The Labute approximate surface area is 170 Å². The SMILES string of the molecule is CCCc1cc(N=CC(=CN)c2ncc(NS(=O)(=O)C(F)(F)F)cc2Cl)ccn1. The Bertz CT molecular complexity index is 1040. The standard InChI is InChI=1S/C17H17ClF3N5O2S/c1-2-3-12-6-13(4-5-23-12)24-9-11(8-22)16-15(18)7-14(10-25-16)26-29(27,28)17(19,20)21/h4-10,26H,2-3,22H2,1H3. The fourth-order valence-corrected chi connectivity index (χ4v) is 3.00. The molecule has 0 radical (unpaired) electrons. The van der Waals surface area contributed by atoms with E-state index in [0.717, 1.165) is 30.8 Å². The molecule has 12 heteroatoms. The fourth-order valence-electron chi connectivity index (χ4n) is 2.18. The number of pyridine rings is 2. The number of nitrogens with one attached hydrogen (secondary N) is 1. The van der Waals surface area contributed by atoms with Gasteiger partial charge in [0, 0.05) is 29.9 Å². The van der Waals surface area contributed by atoms with Gasteiger partial charge < -0.3 is 5.73 Å². The quantitative estimate of drug-likeness (QED) is 0.622. The second-order valence-electron chi connectivity index (χ2n) is 5.74. The summed E-state index contributed by atoms with van der Waals surface area (Å²) in [6.45, 7) is 2.03. The highest BCUT2D eigenvalue weighted by Crippen LogP contribution is 2.28. The van der Waals surface area contributed by atoms with E-state index in [2.05, 4.69) is 15.0 Å². The number of alkyl halides is 3. The number of allylic oxidation sites excluding steroid dienone is 1. The Morgan fingerprint density at radius 2 is 2.07 bits per heavy atom. The maximum absolute atomic E-state index is 12.5. The van der Waals surface area contributed by atoms with E-state index in [1.807, 2.05) is 6.92 Å². The van der Waals surface area contributed by atoms with Gasteiger partial charge in [-0.25, -0.2) is 0 Å².